The van der Waals surface area contributed by atoms with Crippen molar-refractivity contribution in [3.63, 3.8) is 0 Å². The minimum Gasteiger partial charge on any atom is -0.370 e. The van der Waals surface area contributed by atoms with E-state index >= 15 is 19.2 Å². The van der Waals surface area contributed by atoms with E-state index in [1.54, 1.807) is 6.92 Å². The van der Waals surface area contributed by atoms with Gasteiger partial charge >= 0.3 is 0 Å². The van der Waals surface area contributed by atoms with Gasteiger partial charge < -0.3 is 135 Å². The van der Waals surface area contributed by atoms with Gasteiger partial charge in [0.25, 0.3) is 0 Å². The Kier molecular flexibility index (Phi) is 54.1. The molecule has 0 heterocycles. The predicted octanol–water partition coefficient (Wildman–Crippen LogP) is -7.58. The van der Waals surface area contributed by atoms with Gasteiger partial charge in [-0.3, -0.25) is 97.5 Å². The number of primary amides is 1. The highest BCUT2D eigenvalue weighted by Crippen LogP contribution is 2.24. The van der Waals surface area contributed by atoms with Gasteiger partial charge in [-0.15, -0.1) is 0 Å². The van der Waals surface area contributed by atoms with Gasteiger partial charge in [0.05, 0.1) is 36.6 Å². The zero-order chi connectivity index (χ0) is 86.3. The molecule has 42 N–H and O–H groups in total. The molecule has 0 aromatic rings. The van der Waals surface area contributed by atoms with Crippen LogP contribution in [0.2, 0.25) is 0 Å². The molecule has 45 heteroatoms. The number of aliphatic imine (C=N–C) groups is 8. The Morgan fingerprint density at radius 2 is 0.526 bits per heavy atom. The fraction of sp³-hybridized carbons (Fsp3) is 0.710. The molecule has 0 radical (unpaired) electrons. The molecular weight excluding hydrogens is 1500 g/mol. The number of ketones is 5. The number of carbonyl (C=O) groups excluding carboxylic acids is 12. The van der Waals surface area contributed by atoms with Crippen molar-refractivity contribution in [3.05, 3.63) is 0 Å². The van der Waals surface area contributed by atoms with Crippen LogP contribution in [-0.2, 0) is 57.5 Å². The molecule has 0 saturated heterocycles. The highest BCUT2D eigenvalue weighted by molar-refractivity contribution is 7.80. The summed E-state index contributed by atoms with van der Waals surface area (Å²) in [6.07, 6.45) is -0.619. The first-order valence-electron chi connectivity index (χ1n) is 38.3. The Balaban J connectivity index is 8.03. The number of carbonyl (C=O) groups is 12. The van der Waals surface area contributed by atoms with Crippen molar-refractivity contribution in [1.82, 2.24) is 31.9 Å². The van der Waals surface area contributed by atoms with Crippen molar-refractivity contribution in [2.24, 2.45) is 179 Å². The Bertz CT molecular complexity index is 3280. The summed E-state index contributed by atoms with van der Waals surface area (Å²) in [5, 5.41) is 16.3. The normalized spacial score (nSPS) is 13.8. The van der Waals surface area contributed by atoms with Crippen molar-refractivity contribution in [1.29, 1.82) is 0 Å². The molecule has 0 aliphatic heterocycles. The van der Waals surface area contributed by atoms with E-state index in [2.05, 4.69) is 84.5 Å². The van der Waals surface area contributed by atoms with E-state index in [0.717, 1.165) is 0 Å². The SMILES string of the molecule is CC[C@@H](C)C(=O)NCC(=O)C[C@H](CCCN=C(N)N)C(=O)N[C@H](CCCN=C(N)N)C(=O)C[C@H](CCCN=C(N)N)C(=O)N[C@H](CCCN=C(N)N)C(=O)C[C@H](CCCN=C(N)N)C(=O)N[C@H](CCCN=C(N)N)C(=O)C[C@H](CCCN=C(N)N)C(=O)N[C@H](CCCN=C(N)N)C(=O)C[C@H](CS)C(=O)N[C@H](CCCCN)C(N)=O. The Morgan fingerprint density at radius 1 is 0.298 bits per heavy atom. The topological polar surface area (TPSA) is 844 Å². The summed E-state index contributed by atoms with van der Waals surface area (Å²) >= 11 is 4.34. The van der Waals surface area contributed by atoms with Gasteiger partial charge in [-0.05, 0) is 135 Å². The molecule has 11 atom stereocenters. The highest BCUT2D eigenvalue weighted by Gasteiger charge is 2.37. The molecule has 0 aliphatic rings. The summed E-state index contributed by atoms with van der Waals surface area (Å²) in [6, 6.07) is -6.58. The Hall–Kier alpha value is -10.9. The van der Waals surface area contributed by atoms with E-state index in [9.17, 15) is 38.4 Å². The summed E-state index contributed by atoms with van der Waals surface area (Å²) in [7, 11) is 0. The zero-order valence-electron chi connectivity index (χ0n) is 66.1. The molecule has 646 valence electrons. The van der Waals surface area contributed by atoms with Crippen molar-refractivity contribution in [2.75, 3.05) is 71.2 Å². The minimum absolute atomic E-state index is 0.00986. The number of guanidine groups is 8. The Morgan fingerprint density at radius 3 is 0.763 bits per heavy atom. The third-order valence-corrected chi connectivity index (χ3v) is 18.5. The van der Waals surface area contributed by atoms with Crippen molar-refractivity contribution < 1.29 is 57.5 Å². The van der Waals surface area contributed by atoms with Crippen LogP contribution < -0.4 is 135 Å². The lowest BCUT2D eigenvalue weighted by Crippen LogP contribution is -2.49. The average molecular weight is 1630 g/mol. The van der Waals surface area contributed by atoms with Crippen LogP contribution in [0.15, 0.2) is 39.9 Å². The lowest BCUT2D eigenvalue weighted by atomic mass is 9.88. The minimum atomic E-state index is -1.43. The molecule has 0 aliphatic carbocycles. The van der Waals surface area contributed by atoms with Crippen LogP contribution in [0, 0.1) is 35.5 Å². The van der Waals surface area contributed by atoms with Crippen molar-refractivity contribution in [2.45, 2.75) is 205 Å². The molecule has 114 heavy (non-hydrogen) atoms. The number of unbranched alkanes of at least 4 members (excludes halogenated alkanes) is 1. The molecule has 0 aromatic heterocycles. The number of hydrogen-bond acceptors (Lipinski definition) is 22. The van der Waals surface area contributed by atoms with Gasteiger partial charge in [0.15, 0.2) is 76.6 Å². The Labute approximate surface area is 671 Å². The summed E-state index contributed by atoms with van der Waals surface area (Å²) in [5.41, 5.74) is 101. The largest absolute Gasteiger partial charge is 0.370 e. The summed E-state index contributed by atoms with van der Waals surface area (Å²) < 4.78 is 0. The van der Waals surface area contributed by atoms with Crippen LogP contribution in [0.3, 0.4) is 0 Å². The predicted molar refractivity (Wildman–Crippen MR) is 443 cm³/mol. The fourth-order valence-corrected chi connectivity index (χ4v) is 11.9. The number of Topliss-reactive ketones (excluding diaryl/α,β-unsaturated/α-hetero) is 5. The van der Waals surface area contributed by atoms with Gasteiger partial charge in [-0.1, -0.05) is 13.8 Å². The van der Waals surface area contributed by atoms with E-state index in [1.807, 2.05) is 6.92 Å². The van der Waals surface area contributed by atoms with Crippen LogP contribution in [-0.4, -0.2) is 219 Å². The molecule has 44 nitrogen and oxygen atoms in total. The maximum atomic E-state index is 15.1. The van der Waals surface area contributed by atoms with E-state index in [0.29, 0.717) is 25.8 Å². The van der Waals surface area contributed by atoms with Crippen LogP contribution in [0.4, 0.5) is 0 Å². The summed E-state index contributed by atoms with van der Waals surface area (Å²) in [4.78, 5) is 203. The number of nitrogens with zero attached hydrogens (tertiary/aromatic N) is 8. The van der Waals surface area contributed by atoms with Gasteiger partial charge in [-0.2, -0.15) is 12.6 Å². The smallest absolute Gasteiger partial charge is 0.239 e. The van der Waals surface area contributed by atoms with Crippen LogP contribution in [0.25, 0.3) is 0 Å². The van der Waals surface area contributed by atoms with E-state index < -0.39 is 156 Å². The zero-order valence-corrected chi connectivity index (χ0v) is 67.0. The fourth-order valence-electron chi connectivity index (χ4n) is 11.7. The maximum Gasteiger partial charge on any atom is 0.239 e. The quantitative estimate of drug-likeness (QED) is 0.0116. The van der Waals surface area contributed by atoms with Gasteiger partial charge in [0.1, 0.15) is 6.04 Å². The van der Waals surface area contributed by atoms with E-state index in [1.165, 1.54) is 0 Å². The number of hydrogen-bond donors (Lipinski definition) is 25. The van der Waals surface area contributed by atoms with E-state index in [4.69, 9.17) is 103 Å². The number of rotatable bonds is 66. The highest BCUT2D eigenvalue weighted by atomic mass is 32.1. The molecule has 0 unspecified atom stereocenters. The molecule has 0 saturated carbocycles. The average Bonchev–Trinajstić information content (AvgIpc) is 0.859. The van der Waals surface area contributed by atoms with Gasteiger partial charge in [-0.25, -0.2) is 0 Å². The molecule has 0 rings (SSSR count). The number of thiol groups is 1. The monoisotopic (exact) mass is 1630 g/mol. The van der Waals surface area contributed by atoms with Gasteiger partial charge in [0, 0.05) is 120 Å². The summed E-state index contributed by atoms with van der Waals surface area (Å²) in [5.74, 6) is -16.9. The van der Waals surface area contributed by atoms with Crippen molar-refractivity contribution in [3.8, 4) is 0 Å². The lowest BCUT2D eigenvalue weighted by molar-refractivity contribution is -0.136. The van der Waals surface area contributed by atoms with Crippen LogP contribution >= 0.6 is 12.6 Å². The summed E-state index contributed by atoms with van der Waals surface area (Å²) in [6.45, 7) is 3.42. The molecule has 0 bridgehead atoms. The number of amides is 7. The molecule has 0 spiro atoms. The van der Waals surface area contributed by atoms with Crippen LogP contribution in [0.5, 0.6) is 0 Å². The maximum absolute atomic E-state index is 15.1. The number of nitrogens with two attached hydrogens (primary N) is 18. The molecule has 0 fully saturated rings. The van der Waals surface area contributed by atoms with Crippen molar-refractivity contribution >= 4 is 131 Å². The first kappa shape index (κ1) is 103. The second kappa shape index (κ2) is 59.8. The van der Waals surface area contributed by atoms with Gasteiger partial charge in [0.2, 0.25) is 41.4 Å². The van der Waals surface area contributed by atoms with Crippen LogP contribution in [0.1, 0.15) is 174 Å². The third kappa shape index (κ3) is 49.5. The second-order valence-corrected chi connectivity index (χ2v) is 28.1. The molecular formula is C69H132N32O12S. The second-order valence-electron chi connectivity index (χ2n) is 27.7. The molecule has 0 aromatic carbocycles. The third-order valence-electron chi connectivity index (χ3n) is 18.1. The first-order valence-corrected chi connectivity index (χ1v) is 38.9. The lowest BCUT2D eigenvalue weighted by Gasteiger charge is -2.27. The standard InChI is InChI=1S/C69H132N32O12S/c1-3-39(2)56(108)96-37-45(102)32-40(14-6-24-88-62(72)73)57(109)97-46(19-10-28-92-66(80)81)51(103)33-41(15-7-25-89-63(74)75)58(110)98-47(20-11-29-93-67(82)83)52(104)34-42(16-8-26-90-64(76)77)59(111)99-48(21-12-30-94-68(84)85)53(105)35-43(17-9-27-91-65(78)79)60(112)100-49(22-13-31-95-69(86)87)54(106)36-44(38-114)61(113)101-50(55(71)107)18-4-5-23-70/h39-44,46-50,114H,3-38,70H2,1-2H3,(H2,71,107)(H,96,108)(H,97,109)(H,98,110)(H,99,111)(H,100,112)(H,101,113)(H4,72,73,88)(H4,74,75,89)(H4,76,77,90)(H4,78,79,91)(H4,80,81,92)(H4,82,83,93)(H4,84,85,94)(H4,86,87,95)/t39-,40+,41+,42+,43+,44-,46-,47-,48-,49-,50-/m1/s1. The number of nitrogens with one attached hydrogen (secondary N) is 6. The van der Waals surface area contributed by atoms with E-state index in [-0.39, 0.29) is 234 Å². The first-order chi connectivity index (χ1) is 53.8. The molecule has 7 amide bonds.